The number of aryl methyl sites for hydroxylation is 1. The SMILES string of the molecule is Cc1cccc(NC(=O)[C@H](c2ccc(Cl)cc2)N2CCOCC2)c1. The highest BCUT2D eigenvalue weighted by Crippen LogP contribution is 2.25. The maximum atomic E-state index is 13.0. The normalized spacial score (nSPS) is 16.6. The maximum absolute atomic E-state index is 13.0. The average molecular weight is 345 g/mol. The van der Waals surface area contributed by atoms with Gasteiger partial charge in [0.2, 0.25) is 5.91 Å². The second-order valence-electron chi connectivity index (χ2n) is 5.96. The lowest BCUT2D eigenvalue weighted by Crippen LogP contribution is -2.43. The van der Waals surface area contributed by atoms with Gasteiger partial charge in [0, 0.05) is 23.8 Å². The number of amides is 1. The largest absolute Gasteiger partial charge is 0.379 e. The van der Waals surface area contributed by atoms with Gasteiger partial charge in [0.15, 0.2) is 0 Å². The molecule has 3 rings (SSSR count). The summed E-state index contributed by atoms with van der Waals surface area (Å²) in [6, 6.07) is 14.9. The van der Waals surface area contributed by atoms with Crippen molar-refractivity contribution in [2.75, 3.05) is 31.6 Å². The van der Waals surface area contributed by atoms with Crippen LogP contribution in [0.3, 0.4) is 0 Å². The standard InChI is InChI=1S/C19H21ClN2O2/c1-14-3-2-4-17(13-14)21-19(23)18(22-9-11-24-12-10-22)15-5-7-16(20)8-6-15/h2-8,13,18H,9-12H2,1H3,(H,21,23)/t18-/m0/s1. The lowest BCUT2D eigenvalue weighted by molar-refractivity contribution is -0.123. The van der Waals surface area contributed by atoms with Crippen molar-refractivity contribution in [3.63, 3.8) is 0 Å². The van der Waals surface area contributed by atoms with Crippen molar-refractivity contribution < 1.29 is 9.53 Å². The Balaban J connectivity index is 1.85. The van der Waals surface area contributed by atoms with Gasteiger partial charge >= 0.3 is 0 Å². The number of nitrogens with zero attached hydrogens (tertiary/aromatic N) is 1. The Hall–Kier alpha value is -1.88. The number of carbonyl (C=O) groups is 1. The van der Waals surface area contributed by atoms with E-state index in [4.69, 9.17) is 16.3 Å². The fourth-order valence-electron chi connectivity index (χ4n) is 2.94. The first-order valence-corrected chi connectivity index (χ1v) is 8.46. The van der Waals surface area contributed by atoms with E-state index in [0.29, 0.717) is 18.2 Å². The molecule has 0 bridgehead atoms. The van der Waals surface area contributed by atoms with Crippen LogP contribution in [0.2, 0.25) is 5.02 Å². The zero-order valence-electron chi connectivity index (χ0n) is 13.7. The molecular formula is C19H21ClN2O2. The Bertz CT molecular complexity index is 697. The first-order chi connectivity index (χ1) is 11.6. The Kier molecular flexibility index (Phi) is 5.51. The highest BCUT2D eigenvalue weighted by Gasteiger charge is 2.29. The van der Waals surface area contributed by atoms with Gasteiger partial charge in [-0.25, -0.2) is 0 Å². The zero-order valence-corrected chi connectivity index (χ0v) is 14.4. The van der Waals surface area contributed by atoms with Crippen LogP contribution in [-0.2, 0) is 9.53 Å². The number of rotatable bonds is 4. The van der Waals surface area contributed by atoms with E-state index in [-0.39, 0.29) is 11.9 Å². The molecule has 24 heavy (non-hydrogen) atoms. The number of anilines is 1. The molecule has 1 amide bonds. The number of nitrogens with one attached hydrogen (secondary N) is 1. The first kappa shape index (κ1) is 17.0. The van der Waals surface area contributed by atoms with Crippen molar-refractivity contribution in [1.29, 1.82) is 0 Å². The topological polar surface area (TPSA) is 41.6 Å². The molecule has 126 valence electrons. The van der Waals surface area contributed by atoms with E-state index in [1.165, 1.54) is 0 Å². The van der Waals surface area contributed by atoms with E-state index in [1.807, 2.05) is 55.5 Å². The predicted molar refractivity (Wildman–Crippen MR) is 96.4 cm³/mol. The van der Waals surface area contributed by atoms with Crippen molar-refractivity contribution in [1.82, 2.24) is 4.90 Å². The number of benzene rings is 2. The molecule has 1 fully saturated rings. The highest BCUT2D eigenvalue weighted by atomic mass is 35.5. The molecule has 0 saturated carbocycles. The molecule has 1 aliphatic heterocycles. The van der Waals surface area contributed by atoms with Crippen LogP contribution < -0.4 is 5.32 Å². The molecule has 0 aromatic heterocycles. The monoisotopic (exact) mass is 344 g/mol. The van der Waals surface area contributed by atoms with E-state index in [9.17, 15) is 4.79 Å². The third-order valence-corrected chi connectivity index (χ3v) is 4.38. The molecule has 0 spiro atoms. The smallest absolute Gasteiger partial charge is 0.246 e. The van der Waals surface area contributed by atoms with Gasteiger partial charge in [-0.1, -0.05) is 35.9 Å². The van der Waals surface area contributed by atoms with Crippen molar-refractivity contribution in [2.24, 2.45) is 0 Å². The summed E-state index contributed by atoms with van der Waals surface area (Å²) in [5.41, 5.74) is 2.86. The van der Waals surface area contributed by atoms with E-state index in [0.717, 1.165) is 29.9 Å². The molecule has 2 aromatic rings. The number of carbonyl (C=O) groups excluding carboxylic acids is 1. The summed E-state index contributed by atoms with van der Waals surface area (Å²) in [5, 5.41) is 3.70. The van der Waals surface area contributed by atoms with Crippen LogP contribution in [-0.4, -0.2) is 37.1 Å². The molecule has 1 N–H and O–H groups in total. The summed E-state index contributed by atoms with van der Waals surface area (Å²) in [5.74, 6) is -0.0372. The van der Waals surface area contributed by atoms with Crippen LogP contribution >= 0.6 is 11.6 Å². The van der Waals surface area contributed by atoms with Crippen LogP contribution in [0.5, 0.6) is 0 Å². The minimum Gasteiger partial charge on any atom is -0.379 e. The minimum atomic E-state index is -0.355. The Morgan fingerprint density at radius 3 is 2.54 bits per heavy atom. The lowest BCUT2D eigenvalue weighted by Gasteiger charge is -2.33. The number of halogens is 1. The minimum absolute atomic E-state index is 0.0372. The third-order valence-electron chi connectivity index (χ3n) is 4.13. The average Bonchev–Trinajstić information content (AvgIpc) is 2.58. The van der Waals surface area contributed by atoms with Gasteiger partial charge in [-0.2, -0.15) is 0 Å². The molecular weight excluding hydrogens is 324 g/mol. The molecule has 1 saturated heterocycles. The molecule has 0 aliphatic carbocycles. The summed E-state index contributed by atoms with van der Waals surface area (Å²) in [6.45, 7) is 4.75. The zero-order chi connectivity index (χ0) is 16.9. The molecule has 0 radical (unpaired) electrons. The molecule has 1 aliphatic rings. The van der Waals surface area contributed by atoms with Gasteiger partial charge in [-0.15, -0.1) is 0 Å². The summed E-state index contributed by atoms with van der Waals surface area (Å²) in [7, 11) is 0. The van der Waals surface area contributed by atoms with Crippen LogP contribution in [0.1, 0.15) is 17.2 Å². The molecule has 0 unspecified atom stereocenters. The maximum Gasteiger partial charge on any atom is 0.246 e. The van der Waals surface area contributed by atoms with Crippen molar-refractivity contribution >= 4 is 23.2 Å². The number of ether oxygens (including phenoxy) is 1. The molecule has 4 nitrogen and oxygen atoms in total. The van der Waals surface area contributed by atoms with Crippen LogP contribution in [0.15, 0.2) is 48.5 Å². The van der Waals surface area contributed by atoms with E-state index < -0.39 is 0 Å². The Labute approximate surface area is 147 Å². The molecule has 1 atom stereocenters. The van der Waals surface area contributed by atoms with Crippen LogP contribution in [0.4, 0.5) is 5.69 Å². The predicted octanol–water partition coefficient (Wildman–Crippen LogP) is 3.66. The van der Waals surface area contributed by atoms with Gasteiger partial charge in [0.05, 0.1) is 13.2 Å². The summed E-state index contributed by atoms with van der Waals surface area (Å²) in [4.78, 5) is 15.1. The number of hydrogen-bond donors (Lipinski definition) is 1. The Morgan fingerprint density at radius 2 is 1.88 bits per heavy atom. The van der Waals surface area contributed by atoms with Crippen molar-refractivity contribution in [2.45, 2.75) is 13.0 Å². The first-order valence-electron chi connectivity index (χ1n) is 8.08. The van der Waals surface area contributed by atoms with Gasteiger partial charge in [0.1, 0.15) is 6.04 Å². The third kappa shape index (κ3) is 4.15. The fraction of sp³-hybridized carbons (Fsp3) is 0.316. The van der Waals surface area contributed by atoms with E-state index >= 15 is 0 Å². The summed E-state index contributed by atoms with van der Waals surface area (Å²) >= 11 is 5.99. The summed E-state index contributed by atoms with van der Waals surface area (Å²) in [6.07, 6.45) is 0. The van der Waals surface area contributed by atoms with Crippen molar-refractivity contribution in [3.05, 3.63) is 64.7 Å². The summed E-state index contributed by atoms with van der Waals surface area (Å²) < 4.78 is 5.42. The number of morpholine rings is 1. The fourth-order valence-corrected chi connectivity index (χ4v) is 3.07. The molecule has 2 aromatic carbocycles. The second kappa shape index (κ2) is 7.79. The van der Waals surface area contributed by atoms with Gasteiger partial charge < -0.3 is 10.1 Å². The van der Waals surface area contributed by atoms with E-state index in [1.54, 1.807) is 0 Å². The van der Waals surface area contributed by atoms with Gasteiger partial charge in [0.25, 0.3) is 0 Å². The molecule has 1 heterocycles. The Morgan fingerprint density at radius 1 is 1.17 bits per heavy atom. The molecule has 5 heteroatoms. The second-order valence-corrected chi connectivity index (χ2v) is 6.40. The highest BCUT2D eigenvalue weighted by molar-refractivity contribution is 6.30. The van der Waals surface area contributed by atoms with Gasteiger partial charge in [-0.05, 0) is 42.3 Å². The quantitative estimate of drug-likeness (QED) is 0.920. The van der Waals surface area contributed by atoms with Crippen LogP contribution in [0, 0.1) is 6.92 Å². The number of hydrogen-bond acceptors (Lipinski definition) is 3. The van der Waals surface area contributed by atoms with Crippen LogP contribution in [0.25, 0.3) is 0 Å². The van der Waals surface area contributed by atoms with E-state index in [2.05, 4.69) is 10.2 Å². The van der Waals surface area contributed by atoms with Gasteiger partial charge in [-0.3, -0.25) is 9.69 Å². The van der Waals surface area contributed by atoms with Crippen molar-refractivity contribution in [3.8, 4) is 0 Å². The lowest BCUT2D eigenvalue weighted by atomic mass is 10.0.